The molecule has 0 unspecified atom stereocenters. The molecule has 0 heterocycles. The molecule has 0 aliphatic rings. The van der Waals surface area contributed by atoms with Gasteiger partial charge < -0.3 is 0 Å². The summed E-state index contributed by atoms with van der Waals surface area (Å²) in [6.45, 7) is 1.96. The highest BCUT2D eigenvalue weighted by molar-refractivity contribution is 14.2. The molecular formula is C3H6I2N2. The van der Waals surface area contributed by atoms with Crippen LogP contribution in [0.4, 0.5) is 0 Å². The van der Waals surface area contributed by atoms with Crippen molar-refractivity contribution in [2.75, 3.05) is 7.05 Å². The topological polar surface area (TPSA) is 15.6 Å². The van der Waals surface area contributed by atoms with Crippen molar-refractivity contribution in [3.8, 4) is 0 Å². The van der Waals surface area contributed by atoms with E-state index in [2.05, 4.69) is 50.7 Å². The lowest BCUT2D eigenvalue weighted by Gasteiger charge is -2.01. The van der Waals surface area contributed by atoms with Gasteiger partial charge in [0.1, 0.15) is 5.84 Å². The summed E-state index contributed by atoms with van der Waals surface area (Å²) < 4.78 is 1.91. The van der Waals surface area contributed by atoms with Gasteiger partial charge in [-0.2, -0.15) is 0 Å². The molecule has 2 nitrogen and oxygen atoms in total. The van der Waals surface area contributed by atoms with Crippen LogP contribution in [0.2, 0.25) is 0 Å². The van der Waals surface area contributed by atoms with Gasteiger partial charge in [0.15, 0.2) is 0 Å². The van der Waals surface area contributed by atoms with Crippen LogP contribution in [0.25, 0.3) is 0 Å². The Morgan fingerprint density at radius 1 is 1.57 bits per heavy atom. The molecule has 0 rings (SSSR count). The first kappa shape index (κ1) is 7.93. The van der Waals surface area contributed by atoms with E-state index in [0.717, 1.165) is 5.84 Å². The highest BCUT2D eigenvalue weighted by Crippen LogP contribution is 2.06. The lowest BCUT2D eigenvalue weighted by atomic mass is 10.7. The average molecular weight is 324 g/mol. The summed E-state index contributed by atoms with van der Waals surface area (Å²) in [5.41, 5.74) is 0. The molecule has 42 valence electrons. The zero-order chi connectivity index (χ0) is 5.86. The molecule has 0 aromatic heterocycles. The quantitative estimate of drug-likeness (QED) is 0.288. The summed E-state index contributed by atoms with van der Waals surface area (Å²) >= 11 is 4.32. The Morgan fingerprint density at radius 3 is 2.00 bits per heavy atom. The summed E-state index contributed by atoms with van der Waals surface area (Å²) in [6, 6.07) is 0. The van der Waals surface area contributed by atoms with Crippen LogP contribution >= 0.6 is 45.7 Å². The molecule has 0 aliphatic heterocycles. The van der Waals surface area contributed by atoms with Crippen LogP contribution in [0.5, 0.6) is 0 Å². The zero-order valence-electron chi connectivity index (χ0n) is 4.15. The van der Waals surface area contributed by atoms with Gasteiger partial charge in [0.05, 0.1) is 45.7 Å². The lowest BCUT2D eigenvalue weighted by Crippen LogP contribution is -2.02. The Bertz CT molecular complexity index is 79.0. The molecule has 0 saturated carbocycles. The summed E-state index contributed by atoms with van der Waals surface area (Å²) in [7, 11) is 1.78. The third-order valence-corrected chi connectivity index (χ3v) is 1.96. The van der Waals surface area contributed by atoms with Gasteiger partial charge in [-0.1, -0.05) is 0 Å². The molecule has 0 atom stereocenters. The Kier molecular flexibility index (Phi) is 4.39. The second kappa shape index (κ2) is 3.88. The number of aliphatic imine (C=N–C) groups is 1. The molecule has 0 fully saturated rings. The molecule has 0 saturated heterocycles. The number of hydrogen-bond acceptors (Lipinski definition) is 1. The minimum Gasteiger partial charge on any atom is -0.275 e. The normalized spacial score (nSPS) is 11.7. The lowest BCUT2D eigenvalue weighted by molar-refractivity contribution is 1.21. The van der Waals surface area contributed by atoms with Crippen LogP contribution in [0.1, 0.15) is 6.92 Å². The van der Waals surface area contributed by atoms with Gasteiger partial charge in [-0.05, 0) is 6.92 Å². The number of hydrogen-bond donors (Lipinski definition) is 0. The molecule has 0 spiro atoms. The first-order valence-electron chi connectivity index (χ1n) is 1.73. The first-order valence-corrected chi connectivity index (χ1v) is 3.66. The monoisotopic (exact) mass is 324 g/mol. The van der Waals surface area contributed by atoms with Gasteiger partial charge in [-0.15, -0.1) is 0 Å². The highest BCUT2D eigenvalue weighted by Gasteiger charge is 1.90. The van der Waals surface area contributed by atoms with E-state index in [1.807, 2.05) is 8.25 Å². The van der Waals surface area contributed by atoms with Crippen molar-refractivity contribution in [2.45, 2.75) is 6.92 Å². The molecule has 0 aromatic carbocycles. The van der Waals surface area contributed by atoms with Gasteiger partial charge in [0.2, 0.25) is 0 Å². The standard InChI is InChI=1S/C3H6I2N2/c1-3(6-2)7(4)5/h1-2H3. The Labute approximate surface area is 71.4 Å². The highest BCUT2D eigenvalue weighted by atomic mass is 127. The maximum atomic E-state index is 3.92. The number of halogens is 2. The maximum Gasteiger partial charge on any atom is 0.114 e. The Hall–Kier alpha value is 0.930. The molecule has 0 aliphatic carbocycles. The van der Waals surface area contributed by atoms with Crippen LogP contribution in [0.15, 0.2) is 4.99 Å². The summed E-state index contributed by atoms with van der Waals surface area (Å²) in [6.07, 6.45) is 0. The van der Waals surface area contributed by atoms with E-state index in [1.54, 1.807) is 7.05 Å². The predicted molar refractivity (Wildman–Crippen MR) is 48.9 cm³/mol. The molecule has 0 bridgehead atoms. The van der Waals surface area contributed by atoms with Crippen molar-refractivity contribution >= 4 is 51.6 Å². The van der Waals surface area contributed by atoms with E-state index in [9.17, 15) is 0 Å². The second-order valence-corrected chi connectivity index (χ2v) is 4.78. The van der Waals surface area contributed by atoms with Crippen molar-refractivity contribution in [1.82, 2.24) is 1.33 Å². The maximum absolute atomic E-state index is 3.92. The van der Waals surface area contributed by atoms with Crippen molar-refractivity contribution in [1.29, 1.82) is 0 Å². The van der Waals surface area contributed by atoms with Gasteiger partial charge in [0, 0.05) is 7.05 Å². The van der Waals surface area contributed by atoms with Crippen LogP contribution in [-0.2, 0) is 0 Å². The number of rotatable bonds is 0. The van der Waals surface area contributed by atoms with E-state index in [0.29, 0.717) is 0 Å². The first-order chi connectivity index (χ1) is 3.18. The van der Waals surface area contributed by atoms with Crippen molar-refractivity contribution in [3.05, 3.63) is 0 Å². The van der Waals surface area contributed by atoms with Gasteiger partial charge in [-0.3, -0.25) is 4.99 Å². The number of amidine groups is 1. The van der Waals surface area contributed by atoms with Crippen LogP contribution < -0.4 is 0 Å². The fourth-order valence-electron chi connectivity index (χ4n) is 0.0756. The molecule has 0 radical (unpaired) electrons. The predicted octanol–water partition coefficient (Wildman–Crippen LogP) is 2.04. The Morgan fingerprint density at radius 2 is 2.00 bits per heavy atom. The van der Waals surface area contributed by atoms with Gasteiger partial charge in [0.25, 0.3) is 0 Å². The smallest absolute Gasteiger partial charge is 0.114 e. The molecule has 7 heavy (non-hydrogen) atoms. The summed E-state index contributed by atoms with van der Waals surface area (Å²) in [5.74, 6) is 1.03. The van der Waals surface area contributed by atoms with Crippen molar-refractivity contribution < 1.29 is 0 Å². The molecule has 0 N–H and O–H groups in total. The van der Waals surface area contributed by atoms with E-state index in [4.69, 9.17) is 0 Å². The van der Waals surface area contributed by atoms with Crippen LogP contribution in [-0.4, -0.2) is 14.2 Å². The fraction of sp³-hybridized carbons (Fsp3) is 0.667. The van der Waals surface area contributed by atoms with Crippen molar-refractivity contribution in [2.24, 2.45) is 4.99 Å². The summed E-state index contributed by atoms with van der Waals surface area (Å²) in [5, 5.41) is 0. The third kappa shape index (κ3) is 3.51. The minimum absolute atomic E-state index is 1.03. The van der Waals surface area contributed by atoms with E-state index in [-0.39, 0.29) is 0 Å². The van der Waals surface area contributed by atoms with Gasteiger partial charge in [-0.25, -0.2) is 1.33 Å². The zero-order valence-corrected chi connectivity index (χ0v) is 8.47. The second-order valence-electron chi connectivity index (χ2n) is 1.00. The minimum atomic E-state index is 1.03. The number of nitrogens with zero attached hydrogens (tertiary/aromatic N) is 2. The molecule has 0 aromatic rings. The van der Waals surface area contributed by atoms with E-state index in [1.165, 1.54) is 0 Å². The fourth-order valence-corrected chi connectivity index (χ4v) is 0.507. The molecule has 4 heteroatoms. The largest absolute Gasteiger partial charge is 0.275 e. The van der Waals surface area contributed by atoms with Crippen LogP contribution in [0, 0.1) is 0 Å². The SMILES string of the molecule is CN=C(C)N(I)I. The molecule has 0 amide bonds. The Balaban J connectivity index is 3.56. The van der Waals surface area contributed by atoms with Crippen molar-refractivity contribution in [3.63, 3.8) is 0 Å². The van der Waals surface area contributed by atoms with E-state index < -0.39 is 0 Å². The van der Waals surface area contributed by atoms with Gasteiger partial charge >= 0.3 is 0 Å². The van der Waals surface area contributed by atoms with Crippen LogP contribution in [0.3, 0.4) is 0 Å². The third-order valence-electron chi connectivity index (χ3n) is 0.568. The average Bonchev–Trinajstić information content (AvgIpc) is 1.65. The van der Waals surface area contributed by atoms with E-state index >= 15 is 0 Å². The molecular weight excluding hydrogens is 318 g/mol. The summed E-state index contributed by atoms with van der Waals surface area (Å²) in [4.78, 5) is 3.92.